The summed E-state index contributed by atoms with van der Waals surface area (Å²) < 4.78 is 13.1. The zero-order chi connectivity index (χ0) is 16.5. The van der Waals surface area contributed by atoms with Crippen LogP contribution < -0.4 is 5.32 Å². The Morgan fingerprint density at radius 3 is 2.96 bits per heavy atom. The van der Waals surface area contributed by atoms with Crippen LogP contribution in [0.2, 0.25) is 0 Å². The Balaban J connectivity index is 1.31. The van der Waals surface area contributed by atoms with E-state index in [1.165, 1.54) is 0 Å². The fourth-order valence-electron chi connectivity index (χ4n) is 4.30. The van der Waals surface area contributed by atoms with Crippen molar-refractivity contribution in [2.45, 2.75) is 25.0 Å². The molecule has 0 aliphatic carbocycles. The van der Waals surface area contributed by atoms with E-state index in [0.29, 0.717) is 36.2 Å². The predicted octanol–water partition coefficient (Wildman–Crippen LogP) is 0.276. The molecule has 3 aliphatic heterocycles. The molecule has 1 amide bonds. The van der Waals surface area contributed by atoms with Gasteiger partial charge < -0.3 is 14.8 Å². The van der Waals surface area contributed by atoms with E-state index < -0.39 is 0 Å². The Bertz CT molecular complexity index is 584. The SMILES string of the molecule is Cn1nccc1C(=O)NC[C@@H]1CO[C@@H]2CN(C3CCOCC3)C[C@H]12. The van der Waals surface area contributed by atoms with Gasteiger partial charge in [-0.2, -0.15) is 5.10 Å². The average molecular weight is 334 g/mol. The first-order valence-corrected chi connectivity index (χ1v) is 8.92. The minimum absolute atomic E-state index is 0.0577. The number of hydrogen-bond donors (Lipinski definition) is 1. The molecule has 3 atom stereocenters. The maximum absolute atomic E-state index is 12.3. The largest absolute Gasteiger partial charge is 0.381 e. The van der Waals surface area contributed by atoms with Crippen LogP contribution >= 0.6 is 0 Å². The Kier molecular flexibility index (Phi) is 4.56. The molecule has 1 aromatic rings. The first-order valence-electron chi connectivity index (χ1n) is 8.92. The van der Waals surface area contributed by atoms with Crippen LogP contribution in [0.3, 0.4) is 0 Å². The number of carbonyl (C=O) groups is 1. The van der Waals surface area contributed by atoms with Gasteiger partial charge in [-0.15, -0.1) is 0 Å². The van der Waals surface area contributed by atoms with Crippen LogP contribution in [-0.4, -0.2) is 72.2 Å². The first kappa shape index (κ1) is 16.1. The molecule has 0 bridgehead atoms. The molecule has 0 unspecified atom stereocenters. The van der Waals surface area contributed by atoms with E-state index in [4.69, 9.17) is 9.47 Å². The quantitative estimate of drug-likeness (QED) is 0.856. The van der Waals surface area contributed by atoms with Gasteiger partial charge in [-0.3, -0.25) is 14.4 Å². The molecule has 0 radical (unpaired) electrons. The summed E-state index contributed by atoms with van der Waals surface area (Å²) in [5.74, 6) is 0.870. The highest BCUT2D eigenvalue weighted by atomic mass is 16.5. The summed E-state index contributed by atoms with van der Waals surface area (Å²) in [6.07, 6.45) is 4.22. The summed E-state index contributed by atoms with van der Waals surface area (Å²) in [5, 5.41) is 7.10. The predicted molar refractivity (Wildman–Crippen MR) is 87.7 cm³/mol. The Morgan fingerprint density at radius 1 is 1.38 bits per heavy atom. The number of nitrogens with one attached hydrogen (secondary N) is 1. The van der Waals surface area contributed by atoms with Crippen molar-refractivity contribution in [1.29, 1.82) is 0 Å². The lowest BCUT2D eigenvalue weighted by atomic mass is 9.93. The summed E-state index contributed by atoms with van der Waals surface area (Å²) in [7, 11) is 1.78. The monoisotopic (exact) mass is 334 g/mol. The molecule has 0 aromatic carbocycles. The van der Waals surface area contributed by atoms with Crippen molar-refractivity contribution in [3.05, 3.63) is 18.0 Å². The van der Waals surface area contributed by atoms with Crippen molar-refractivity contribution in [2.24, 2.45) is 18.9 Å². The highest BCUT2D eigenvalue weighted by molar-refractivity contribution is 5.92. The highest BCUT2D eigenvalue weighted by Gasteiger charge is 2.45. The summed E-state index contributed by atoms with van der Waals surface area (Å²) >= 11 is 0. The van der Waals surface area contributed by atoms with E-state index in [2.05, 4.69) is 15.3 Å². The molecular formula is C17H26N4O3. The summed E-state index contributed by atoms with van der Waals surface area (Å²) in [5.41, 5.74) is 0.598. The maximum Gasteiger partial charge on any atom is 0.269 e. The van der Waals surface area contributed by atoms with Crippen LogP contribution in [0.1, 0.15) is 23.3 Å². The number of rotatable bonds is 4. The van der Waals surface area contributed by atoms with Crippen LogP contribution in [-0.2, 0) is 16.5 Å². The minimum Gasteiger partial charge on any atom is -0.381 e. The molecule has 0 spiro atoms. The number of nitrogens with zero attached hydrogens (tertiary/aromatic N) is 3. The van der Waals surface area contributed by atoms with Crippen LogP contribution in [0.15, 0.2) is 12.3 Å². The van der Waals surface area contributed by atoms with E-state index in [9.17, 15) is 4.79 Å². The van der Waals surface area contributed by atoms with Gasteiger partial charge in [0.15, 0.2) is 0 Å². The highest BCUT2D eigenvalue weighted by Crippen LogP contribution is 2.35. The number of hydrogen-bond acceptors (Lipinski definition) is 5. The topological polar surface area (TPSA) is 68.6 Å². The van der Waals surface area contributed by atoms with E-state index >= 15 is 0 Å². The Hall–Kier alpha value is -1.44. The molecule has 3 fully saturated rings. The van der Waals surface area contributed by atoms with E-state index in [1.807, 2.05) is 0 Å². The molecule has 4 rings (SSSR count). The molecule has 7 heteroatoms. The molecular weight excluding hydrogens is 308 g/mol. The molecule has 3 aliphatic rings. The molecule has 132 valence electrons. The molecule has 1 aromatic heterocycles. The number of fused-ring (bicyclic) bond motifs is 1. The molecule has 7 nitrogen and oxygen atoms in total. The van der Waals surface area contributed by atoms with Gasteiger partial charge in [-0.1, -0.05) is 0 Å². The smallest absolute Gasteiger partial charge is 0.269 e. The van der Waals surface area contributed by atoms with Crippen LogP contribution in [0.25, 0.3) is 0 Å². The second-order valence-electron chi connectivity index (χ2n) is 7.14. The summed E-state index contributed by atoms with van der Waals surface area (Å²) in [6, 6.07) is 2.38. The van der Waals surface area contributed by atoms with Crippen molar-refractivity contribution in [1.82, 2.24) is 20.0 Å². The van der Waals surface area contributed by atoms with Gasteiger partial charge in [-0.05, 0) is 18.9 Å². The lowest BCUT2D eigenvalue weighted by Crippen LogP contribution is -2.40. The maximum atomic E-state index is 12.3. The lowest BCUT2D eigenvalue weighted by Gasteiger charge is -2.31. The van der Waals surface area contributed by atoms with Gasteiger partial charge in [0, 0.05) is 64.0 Å². The van der Waals surface area contributed by atoms with E-state index in [1.54, 1.807) is 24.0 Å². The number of ether oxygens (including phenoxy) is 2. The van der Waals surface area contributed by atoms with Crippen molar-refractivity contribution in [3.8, 4) is 0 Å². The van der Waals surface area contributed by atoms with Gasteiger partial charge in [0.25, 0.3) is 5.91 Å². The number of aromatic nitrogens is 2. The third-order valence-corrected chi connectivity index (χ3v) is 5.75. The number of likely N-dealkylation sites (tertiary alicyclic amines) is 1. The first-order chi connectivity index (χ1) is 11.7. The van der Waals surface area contributed by atoms with Crippen LogP contribution in [0.5, 0.6) is 0 Å². The van der Waals surface area contributed by atoms with Gasteiger partial charge in [-0.25, -0.2) is 0 Å². The number of amides is 1. The second-order valence-corrected chi connectivity index (χ2v) is 7.14. The van der Waals surface area contributed by atoms with E-state index in [0.717, 1.165) is 45.8 Å². The zero-order valence-corrected chi connectivity index (χ0v) is 14.2. The Morgan fingerprint density at radius 2 is 2.21 bits per heavy atom. The average Bonchev–Trinajstić information content (AvgIpc) is 3.29. The third-order valence-electron chi connectivity index (χ3n) is 5.75. The van der Waals surface area contributed by atoms with Crippen molar-refractivity contribution in [3.63, 3.8) is 0 Å². The molecule has 1 N–H and O–H groups in total. The van der Waals surface area contributed by atoms with Crippen LogP contribution in [0.4, 0.5) is 0 Å². The zero-order valence-electron chi connectivity index (χ0n) is 14.2. The van der Waals surface area contributed by atoms with Crippen LogP contribution in [0, 0.1) is 11.8 Å². The fourth-order valence-corrected chi connectivity index (χ4v) is 4.30. The fraction of sp³-hybridized carbons (Fsp3) is 0.765. The van der Waals surface area contributed by atoms with Gasteiger partial charge in [0.1, 0.15) is 5.69 Å². The Labute approximate surface area is 142 Å². The number of aryl methyl sites for hydroxylation is 1. The standard InChI is InChI=1S/C17H26N4O3/c1-20-15(2-5-19-20)17(22)18-8-12-11-24-16-10-21(9-14(12)16)13-3-6-23-7-4-13/h2,5,12-14,16H,3-4,6-11H2,1H3,(H,18,22)/t12-,14-,16-/m1/s1. The summed E-state index contributed by atoms with van der Waals surface area (Å²) in [6.45, 7) is 5.29. The van der Waals surface area contributed by atoms with E-state index in [-0.39, 0.29) is 5.91 Å². The third kappa shape index (κ3) is 3.08. The van der Waals surface area contributed by atoms with Gasteiger partial charge in [0.05, 0.1) is 12.7 Å². The molecule has 24 heavy (non-hydrogen) atoms. The number of carbonyl (C=O) groups excluding carboxylic acids is 1. The lowest BCUT2D eigenvalue weighted by molar-refractivity contribution is 0.0284. The van der Waals surface area contributed by atoms with Crippen molar-refractivity contribution in [2.75, 3.05) is 39.5 Å². The second kappa shape index (κ2) is 6.82. The normalized spacial score (nSPS) is 31.3. The molecule has 4 heterocycles. The molecule has 0 saturated carbocycles. The minimum atomic E-state index is -0.0577. The van der Waals surface area contributed by atoms with Crippen molar-refractivity contribution < 1.29 is 14.3 Å². The van der Waals surface area contributed by atoms with Crippen molar-refractivity contribution >= 4 is 5.91 Å². The molecule has 3 saturated heterocycles. The van der Waals surface area contributed by atoms with Gasteiger partial charge in [0.2, 0.25) is 0 Å². The summed E-state index contributed by atoms with van der Waals surface area (Å²) in [4.78, 5) is 14.8. The van der Waals surface area contributed by atoms with Gasteiger partial charge >= 0.3 is 0 Å².